The van der Waals surface area contributed by atoms with Crippen LogP contribution >= 0.6 is 0 Å². The van der Waals surface area contributed by atoms with E-state index in [4.69, 9.17) is 4.74 Å². The maximum atomic E-state index is 12.3. The number of unbranched alkanes of at least 4 members (excludes halogenated alkanes) is 1. The molecule has 0 radical (unpaired) electrons. The van der Waals surface area contributed by atoms with Crippen molar-refractivity contribution < 1.29 is 9.53 Å². The summed E-state index contributed by atoms with van der Waals surface area (Å²) in [6.45, 7) is 2.72. The second-order valence-electron chi connectivity index (χ2n) is 4.82. The van der Waals surface area contributed by atoms with Crippen molar-refractivity contribution in [2.75, 3.05) is 6.54 Å². The summed E-state index contributed by atoms with van der Waals surface area (Å²) in [5.41, 5.74) is 0.819. The van der Waals surface area contributed by atoms with Gasteiger partial charge in [-0.05, 0) is 36.3 Å². The number of hydrogen-bond acceptors (Lipinski definition) is 3. The molecule has 4 heteroatoms. The first-order chi connectivity index (χ1) is 10.8. The van der Waals surface area contributed by atoms with Gasteiger partial charge in [-0.25, -0.2) is 0 Å². The molecule has 22 heavy (non-hydrogen) atoms. The summed E-state index contributed by atoms with van der Waals surface area (Å²) in [5, 5.41) is 2.87. The molecule has 0 saturated carbocycles. The van der Waals surface area contributed by atoms with Gasteiger partial charge in [0, 0.05) is 18.9 Å². The number of aromatic nitrogens is 1. The number of rotatable bonds is 7. The molecule has 0 atom stereocenters. The lowest BCUT2D eigenvalue weighted by atomic mass is 10.2. The number of benzene rings is 1. The molecule has 2 rings (SSSR count). The molecule has 0 saturated heterocycles. The van der Waals surface area contributed by atoms with E-state index in [9.17, 15) is 4.79 Å². The first-order valence-electron chi connectivity index (χ1n) is 7.42. The molecule has 1 amide bonds. The number of carbonyl (C=O) groups excluding carboxylic acids is 1. The number of hydrogen-bond donors (Lipinski definition) is 1. The van der Waals surface area contributed by atoms with Crippen molar-refractivity contribution in [2.24, 2.45) is 0 Å². The van der Waals surface area contributed by atoms with Gasteiger partial charge in [-0.15, -0.1) is 0 Å². The van der Waals surface area contributed by atoms with Crippen LogP contribution < -0.4 is 10.1 Å². The first-order valence-corrected chi connectivity index (χ1v) is 7.42. The molecule has 114 valence electrons. The molecule has 0 spiro atoms. The van der Waals surface area contributed by atoms with E-state index in [0.717, 1.165) is 18.4 Å². The van der Waals surface area contributed by atoms with Crippen LogP contribution in [0.15, 0.2) is 60.6 Å². The second kappa shape index (κ2) is 8.62. The van der Waals surface area contributed by atoms with Gasteiger partial charge in [-0.3, -0.25) is 9.78 Å². The third-order valence-corrected chi connectivity index (χ3v) is 2.99. The van der Waals surface area contributed by atoms with E-state index in [1.165, 1.54) is 0 Å². The highest BCUT2D eigenvalue weighted by Crippen LogP contribution is 2.15. The highest BCUT2D eigenvalue weighted by atomic mass is 16.5. The molecule has 0 aliphatic carbocycles. The average molecular weight is 296 g/mol. The van der Waals surface area contributed by atoms with E-state index in [1.807, 2.05) is 42.5 Å². The molecule has 1 aromatic heterocycles. The number of ether oxygens (including phenoxy) is 1. The van der Waals surface area contributed by atoms with Crippen molar-refractivity contribution in [3.05, 3.63) is 66.2 Å². The maximum absolute atomic E-state index is 12.3. The van der Waals surface area contributed by atoms with Crippen molar-refractivity contribution in [2.45, 2.75) is 19.8 Å². The monoisotopic (exact) mass is 296 g/mol. The second-order valence-corrected chi connectivity index (χ2v) is 4.82. The lowest BCUT2D eigenvalue weighted by Gasteiger charge is -2.10. The SMILES string of the molecule is CCCCNC(=O)C(=Cc1cccnc1)Oc1ccccc1. The van der Waals surface area contributed by atoms with Crippen molar-refractivity contribution in [3.8, 4) is 5.75 Å². The van der Waals surface area contributed by atoms with Crippen LogP contribution in [0.5, 0.6) is 5.75 Å². The zero-order valence-electron chi connectivity index (χ0n) is 12.7. The summed E-state index contributed by atoms with van der Waals surface area (Å²) in [4.78, 5) is 16.3. The minimum atomic E-state index is -0.221. The van der Waals surface area contributed by atoms with Gasteiger partial charge in [0.05, 0.1) is 0 Å². The average Bonchev–Trinajstić information content (AvgIpc) is 2.56. The lowest BCUT2D eigenvalue weighted by molar-refractivity contribution is -0.119. The normalized spacial score (nSPS) is 11.0. The Hall–Kier alpha value is -2.62. The van der Waals surface area contributed by atoms with Crippen LogP contribution in [0.3, 0.4) is 0 Å². The van der Waals surface area contributed by atoms with E-state index in [1.54, 1.807) is 18.5 Å². The largest absolute Gasteiger partial charge is 0.452 e. The van der Waals surface area contributed by atoms with E-state index in [2.05, 4.69) is 17.2 Å². The molecule has 1 heterocycles. The van der Waals surface area contributed by atoms with Crippen LogP contribution in [0.25, 0.3) is 6.08 Å². The van der Waals surface area contributed by atoms with Crippen molar-refractivity contribution in [1.82, 2.24) is 10.3 Å². The number of carbonyl (C=O) groups is 1. The maximum Gasteiger partial charge on any atom is 0.287 e. The van der Waals surface area contributed by atoms with E-state index in [0.29, 0.717) is 12.3 Å². The van der Waals surface area contributed by atoms with Gasteiger partial charge in [-0.1, -0.05) is 37.6 Å². The third-order valence-electron chi connectivity index (χ3n) is 2.99. The van der Waals surface area contributed by atoms with Crippen molar-refractivity contribution in [1.29, 1.82) is 0 Å². The van der Waals surface area contributed by atoms with Gasteiger partial charge in [0.2, 0.25) is 0 Å². The Morgan fingerprint density at radius 1 is 1.23 bits per heavy atom. The van der Waals surface area contributed by atoms with Gasteiger partial charge < -0.3 is 10.1 Å². The van der Waals surface area contributed by atoms with Crippen LogP contribution in [-0.4, -0.2) is 17.4 Å². The fourth-order valence-corrected chi connectivity index (χ4v) is 1.84. The minimum Gasteiger partial charge on any atom is -0.452 e. The van der Waals surface area contributed by atoms with Crippen molar-refractivity contribution >= 4 is 12.0 Å². The zero-order valence-corrected chi connectivity index (χ0v) is 12.7. The minimum absolute atomic E-state index is 0.221. The quantitative estimate of drug-likeness (QED) is 0.484. The molecular formula is C18H20N2O2. The summed E-state index contributed by atoms with van der Waals surface area (Å²) < 4.78 is 5.73. The molecule has 0 aliphatic heterocycles. The summed E-state index contributed by atoms with van der Waals surface area (Å²) in [5.74, 6) is 0.666. The standard InChI is InChI=1S/C18H20N2O2/c1-2-3-12-20-18(21)17(13-15-8-7-11-19-14-15)22-16-9-5-4-6-10-16/h4-11,13-14H,2-3,12H2,1H3,(H,20,21). The van der Waals surface area contributed by atoms with Gasteiger partial charge in [0.25, 0.3) is 5.91 Å². The van der Waals surface area contributed by atoms with E-state index in [-0.39, 0.29) is 11.7 Å². The molecule has 4 nitrogen and oxygen atoms in total. The van der Waals surface area contributed by atoms with Gasteiger partial charge in [0.1, 0.15) is 5.75 Å². The molecule has 1 aromatic carbocycles. The van der Waals surface area contributed by atoms with Gasteiger partial charge in [-0.2, -0.15) is 0 Å². The number of amides is 1. The van der Waals surface area contributed by atoms with Crippen LogP contribution in [0.2, 0.25) is 0 Å². The van der Waals surface area contributed by atoms with Gasteiger partial charge in [0.15, 0.2) is 5.76 Å². The Labute approximate surface area is 130 Å². The first kappa shape index (κ1) is 15.8. The Morgan fingerprint density at radius 3 is 2.73 bits per heavy atom. The Kier molecular flexibility index (Phi) is 6.18. The summed E-state index contributed by atoms with van der Waals surface area (Å²) in [6.07, 6.45) is 7.05. The molecule has 1 N–H and O–H groups in total. The fourth-order valence-electron chi connectivity index (χ4n) is 1.84. The van der Waals surface area contributed by atoms with Crippen LogP contribution in [0, 0.1) is 0 Å². The molecule has 0 unspecified atom stereocenters. The summed E-state index contributed by atoms with van der Waals surface area (Å²) in [7, 11) is 0. The Balaban J connectivity index is 2.17. The fraction of sp³-hybridized carbons (Fsp3) is 0.222. The van der Waals surface area contributed by atoms with Gasteiger partial charge >= 0.3 is 0 Å². The third kappa shape index (κ3) is 5.05. The summed E-state index contributed by atoms with van der Waals surface area (Å²) >= 11 is 0. The molecule has 0 fully saturated rings. The van der Waals surface area contributed by atoms with E-state index < -0.39 is 0 Å². The Morgan fingerprint density at radius 2 is 2.05 bits per heavy atom. The predicted molar refractivity (Wildman–Crippen MR) is 87.2 cm³/mol. The number of nitrogens with zero attached hydrogens (tertiary/aromatic N) is 1. The Bertz CT molecular complexity index is 609. The predicted octanol–water partition coefficient (Wildman–Crippen LogP) is 3.42. The lowest BCUT2D eigenvalue weighted by Crippen LogP contribution is -2.28. The molecule has 2 aromatic rings. The topological polar surface area (TPSA) is 51.2 Å². The number of pyridine rings is 1. The van der Waals surface area contributed by atoms with Crippen LogP contribution in [0.4, 0.5) is 0 Å². The van der Waals surface area contributed by atoms with Crippen molar-refractivity contribution in [3.63, 3.8) is 0 Å². The molecular weight excluding hydrogens is 276 g/mol. The highest BCUT2D eigenvalue weighted by Gasteiger charge is 2.12. The van der Waals surface area contributed by atoms with Crippen LogP contribution in [-0.2, 0) is 4.79 Å². The smallest absolute Gasteiger partial charge is 0.287 e. The molecule has 0 aliphatic rings. The number of nitrogens with one attached hydrogen (secondary N) is 1. The van der Waals surface area contributed by atoms with E-state index >= 15 is 0 Å². The summed E-state index contributed by atoms with van der Waals surface area (Å²) in [6, 6.07) is 13.0. The molecule has 0 bridgehead atoms. The zero-order chi connectivity index (χ0) is 15.6. The number of para-hydroxylation sites is 1. The highest BCUT2D eigenvalue weighted by molar-refractivity contribution is 5.96. The van der Waals surface area contributed by atoms with Crippen LogP contribution in [0.1, 0.15) is 25.3 Å².